The molecule has 270 valence electrons. The molecule has 0 aliphatic carbocycles. The Morgan fingerprint density at radius 1 is 0.362 bits per heavy atom. The van der Waals surface area contributed by atoms with Crippen LogP contribution in [0.15, 0.2) is 200 Å². The second-order valence-corrected chi connectivity index (χ2v) is 14.5. The van der Waals surface area contributed by atoms with Crippen LogP contribution in [0.25, 0.3) is 105 Å². The third-order valence-electron chi connectivity index (χ3n) is 11.2. The predicted molar refractivity (Wildman–Crippen MR) is 239 cm³/mol. The van der Waals surface area contributed by atoms with Crippen molar-refractivity contribution in [2.24, 2.45) is 0 Å². The lowest BCUT2D eigenvalue weighted by Gasteiger charge is -2.13. The van der Waals surface area contributed by atoms with E-state index in [9.17, 15) is 0 Å². The van der Waals surface area contributed by atoms with E-state index in [4.69, 9.17) is 16.5 Å². The molecule has 0 N–H and O–H groups in total. The van der Waals surface area contributed by atoms with Gasteiger partial charge in [-0.1, -0.05) is 140 Å². The summed E-state index contributed by atoms with van der Waals surface area (Å²) >= 11 is 0. The lowest BCUT2D eigenvalue weighted by molar-refractivity contribution is 1.17. The summed E-state index contributed by atoms with van der Waals surface area (Å²) in [5.41, 5.74) is 13.7. The number of hydrogen-bond acceptors (Lipinski definition) is 2. The summed E-state index contributed by atoms with van der Waals surface area (Å²) in [6, 6.07) is 69.5. The molecule has 3 heterocycles. The fourth-order valence-electron chi connectivity index (χ4n) is 8.46. The monoisotopic (exact) mass is 739 g/mol. The van der Waals surface area contributed by atoms with Crippen LogP contribution in [0.2, 0.25) is 0 Å². The average molecular weight is 740 g/mol. The van der Waals surface area contributed by atoms with Crippen molar-refractivity contribution in [3.63, 3.8) is 0 Å². The van der Waals surface area contributed by atoms with Gasteiger partial charge in [0.15, 0.2) is 11.5 Å². The van der Waals surface area contributed by atoms with E-state index in [1.807, 2.05) is 66.7 Å². The van der Waals surface area contributed by atoms with Gasteiger partial charge in [0.1, 0.15) is 0 Å². The van der Waals surface area contributed by atoms with Gasteiger partial charge in [-0.3, -0.25) is 0 Å². The predicted octanol–water partition coefficient (Wildman–Crippen LogP) is 13.9. The minimum atomic E-state index is 0.570. The summed E-state index contributed by atoms with van der Waals surface area (Å²) in [5.74, 6) is 0.647. The van der Waals surface area contributed by atoms with Gasteiger partial charge in [0, 0.05) is 44.0 Å². The van der Waals surface area contributed by atoms with Gasteiger partial charge in [-0.15, -0.1) is 0 Å². The molecule has 0 amide bonds. The molecule has 0 spiro atoms. The van der Waals surface area contributed by atoms with Crippen LogP contribution in [0.1, 0.15) is 0 Å². The van der Waals surface area contributed by atoms with Crippen molar-refractivity contribution in [1.29, 1.82) is 0 Å². The second kappa shape index (κ2) is 13.6. The zero-order chi connectivity index (χ0) is 38.6. The Labute approximate surface area is 335 Å². The van der Waals surface area contributed by atoms with Crippen molar-refractivity contribution >= 4 is 49.3 Å². The third kappa shape index (κ3) is 5.47. The first-order valence-corrected chi connectivity index (χ1v) is 19.4. The van der Waals surface area contributed by atoms with Gasteiger partial charge in [-0.05, 0) is 77.4 Å². The SMILES string of the molecule is [C-]#[N+]c1cc(-c2cc(-c3ccccc3)nc(-c3ccccc3)n2)ccc1-c1ccc(-n2c3ccccc3c3cc(-n4c5ccccc5c5ccccc54)ccc32)cc1. The molecule has 11 rings (SSSR count). The largest absolute Gasteiger partial charge is 0.309 e. The molecule has 0 unspecified atom stereocenters. The van der Waals surface area contributed by atoms with E-state index >= 15 is 0 Å². The van der Waals surface area contributed by atoms with Gasteiger partial charge in [0.05, 0.1) is 40.0 Å². The van der Waals surface area contributed by atoms with Crippen LogP contribution in [-0.4, -0.2) is 19.1 Å². The number of nitrogens with zero attached hydrogens (tertiary/aromatic N) is 5. The number of fused-ring (bicyclic) bond motifs is 6. The van der Waals surface area contributed by atoms with E-state index in [0.29, 0.717) is 11.5 Å². The molecule has 5 heteroatoms. The number of benzene rings is 8. The third-order valence-corrected chi connectivity index (χ3v) is 11.2. The van der Waals surface area contributed by atoms with Crippen molar-refractivity contribution in [3.05, 3.63) is 212 Å². The van der Waals surface area contributed by atoms with Gasteiger partial charge in [0.2, 0.25) is 0 Å². The Hall–Kier alpha value is -8.07. The smallest absolute Gasteiger partial charge is 0.195 e. The second-order valence-electron chi connectivity index (χ2n) is 14.5. The van der Waals surface area contributed by atoms with Crippen LogP contribution in [0.4, 0.5) is 5.69 Å². The van der Waals surface area contributed by atoms with Crippen molar-refractivity contribution < 1.29 is 0 Å². The van der Waals surface area contributed by atoms with Crippen LogP contribution in [0.5, 0.6) is 0 Å². The molecule has 58 heavy (non-hydrogen) atoms. The van der Waals surface area contributed by atoms with Gasteiger partial charge in [-0.25, -0.2) is 14.8 Å². The molecule has 0 atom stereocenters. The van der Waals surface area contributed by atoms with Crippen LogP contribution in [-0.2, 0) is 0 Å². The molecule has 0 radical (unpaired) electrons. The standard InChI is InChI=1S/C53H33N5/c1-54-48-32-38(47-34-46(36-14-4-2-5-15-36)55-53(56-47)37-16-6-3-7-17-37)26-30-41(48)35-24-27-39(28-25-35)57-51-23-13-10-20-44(51)45-33-40(29-31-52(45)57)58-49-21-11-8-18-42(49)43-19-9-12-22-50(43)58/h2-34H. The van der Waals surface area contributed by atoms with E-state index in [0.717, 1.165) is 61.6 Å². The van der Waals surface area contributed by atoms with E-state index in [1.165, 1.54) is 32.6 Å². The number of aromatic nitrogens is 4. The van der Waals surface area contributed by atoms with Gasteiger partial charge in [0.25, 0.3) is 0 Å². The highest BCUT2D eigenvalue weighted by atomic mass is 15.0. The molecule has 0 saturated carbocycles. The highest BCUT2D eigenvalue weighted by molar-refractivity contribution is 6.12. The lowest BCUT2D eigenvalue weighted by Crippen LogP contribution is -1.96. The Balaban J connectivity index is 0.981. The molecule has 11 aromatic rings. The van der Waals surface area contributed by atoms with Crippen LogP contribution < -0.4 is 0 Å². The first-order chi connectivity index (χ1) is 28.7. The minimum Gasteiger partial charge on any atom is -0.309 e. The summed E-state index contributed by atoms with van der Waals surface area (Å²) in [5, 5.41) is 4.89. The maximum Gasteiger partial charge on any atom is 0.195 e. The van der Waals surface area contributed by atoms with Crippen molar-refractivity contribution in [2.45, 2.75) is 0 Å². The molecule has 0 bridgehead atoms. The molecule has 8 aromatic carbocycles. The van der Waals surface area contributed by atoms with Crippen LogP contribution in [0, 0.1) is 6.57 Å². The topological polar surface area (TPSA) is 40.0 Å². The lowest BCUT2D eigenvalue weighted by atomic mass is 9.99. The van der Waals surface area contributed by atoms with Gasteiger partial charge < -0.3 is 9.13 Å². The summed E-state index contributed by atoms with van der Waals surface area (Å²) in [4.78, 5) is 13.9. The maximum absolute atomic E-state index is 8.23. The highest BCUT2D eigenvalue weighted by Gasteiger charge is 2.18. The molecule has 5 nitrogen and oxygen atoms in total. The molecule has 0 aliphatic rings. The Morgan fingerprint density at radius 3 is 1.47 bits per heavy atom. The van der Waals surface area contributed by atoms with Crippen molar-refractivity contribution in [2.75, 3.05) is 0 Å². The van der Waals surface area contributed by atoms with E-state index in [1.54, 1.807) is 0 Å². The summed E-state index contributed by atoms with van der Waals surface area (Å²) < 4.78 is 4.72. The number of rotatable bonds is 6. The molecule has 0 fully saturated rings. The maximum atomic E-state index is 8.23. The first kappa shape index (κ1) is 33.3. The Bertz CT molecular complexity index is 3280. The van der Waals surface area contributed by atoms with Crippen molar-refractivity contribution in [3.8, 4) is 56.4 Å². The Morgan fingerprint density at radius 2 is 0.845 bits per heavy atom. The quantitative estimate of drug-likeness (QED) is 0.159. The molecule has 0 saturated heterocycles. The normalized spacial score (nSPS) is 11.4. The van der Waals surface area contributed by atoms with Crippen LogP contribution >= 0.6 is 0 Å². The van der Waals surface area contributed by atoms with E-state index in [-0.39, 0.29) is 0 Å². The number of para-hydroxylation sites is 3. The molecular weight excluding hydrogens is 707 g/mol. The van der Waals surface area contributed by atoms with Gasteiger partial charge >= 0.3 is 0 Å². The first-order valence-electron chi connectivity index (χ1n) is 19.4. The molecule has 0 aliphatic heterocycles. The summed E-state index contributed by atoms with van der Waals surface area (Å²) in [7, 11) is 0. The van der Waals surface area contributed by atoms with Gasteiger partial charge in [-0.2, -0.15) is 0 Å². The number of hydrogen-bond donors (Lipinski definition) is 0. The summed E-state index contributed by atoms with van der Waals surface area (Å²) in [6.45, 7) is 8.23. The minimum absolute atomic E-state index is 0.570. The molecule has 3 aromatic heterocycles. The van der Waals surface area contributed by atoms with E-state index < -0.39 is 0 Å². The molecular formula is C53H33N5. The van der Waals surface area contributed by atoms with Crippen molar-refractivity contribution in [1.82, 2.24) is 19.1 Å². The fourth-order valence-corrected chi connectivity index (χ4v) is 8.46. The average Bonchev–Trinajstić information content (AvgIpc) is 3.82. The Kier molecular flexibility index (Phi) is 7.80. The zero-order valence-electron chi connectivity index (χ0n) is 31.3. The zero-order valence-corrected chi connectivity index (χ0v) is 31.3. The van der Waals surface area contributed by atoms with Crippen LogP contribution in [0.3, 0.4) is 0 Å². The van der Waals surface area contributed by atoms with E-state index in [2.05, 4.69) is 147 Å². The fraction of sp³-hybridized carbons (Fsp3) is 0. The summed E-state index contributed by atoms with van der Waals surface area (Å²) in [6.07, 6.45) is 0. The highest BCUT2D eigenvalue weighted by Crippen LogP contribution is 2.39.